The molecule has 1 aliphatic heterocycles. The average Bonchev–Trinajstić information content (AvgIpc) is 3.10. The summed E-state index contributed by atoms with van der Waals surface area (Å²) in [5, 5.41) is 0. The molecule has 0 amide bonds. The monoisotopic (exact) mass is 600 g/mol. The fourth-order valence-corrected chi connectivity index (χ4v) is 9.07. The molecule has 0 saturated heterocycles. The molecule has 0 saturated carbocycles. The van der Waals surface area contributed by atoms with Gasteiger partial charge in [0.05, 0.1) is 0 Å². The van der Waals surface area contributed by atoms with E-state index in [1.165, 1.54) is 12.1 Å². The summed E-state index contributed by atoms with van der Waals surface area (Å²) < 4.78 is 95.4. The van der Waals surface area contributed by atoms with E-state index in [2.05, 4.69) is 0 Å². The summed E-state index contributed by atoms with van der Waals surface area (Å²) in [5.41, 5.74) is -6.00. The summed E-state index contributed by atoms with van der Waals surface area (Å²) in [7, 11) is 0. The van der Waals surface area contributed by atoms with Crippen molar-refractivity contribution in [2.24, 2.45) is 5.41 Å². The second-order valence-corrected chi connectivity index (χ2v) is 12.9. The van der Waals surface area contributed by atoms with E-state index in [0.717, 1.165) is 12.1 Å². The normalized spacial score (nSPS) is 17.8. The van der Waals surface area contributed by atoms with Gasteiger partial charge in [-0.1, -0.05) is 0 Å². The van der Waals surface area contributed by atoms with Gasteiger partial charge in [-0.05, 0) is 0 Å². The van der Waals surface area contributed by atoms with Crippen LogP contribution >= 0.6 is 20.2 Å². The number of allylic oxidation sites excluding steroid dienone is 1. The van der Waals surface area contributed by atoms with Crippen molar-refractivity contribution in [1.82, 2.24) is 0 Å². The molecule has 0 spiro atoms. The number of fused-ring (bicyclic) bond motifs is 1. The molecule has 0 unspecified atom stereocenters. The van der Waals surface area contributed by atoms with E-state index in [-0.39, 0.29) is 19.3 Å². The molecule has 1 aliphatic rings. The van der Waals surface area contributed by atoms with Gasteiger partial charge in [-0.3, -0.25) is 0 Å². The number of hydrogen-bond donors (Lipinski definition) is 0. The molecule has 0 fully saturated rings. The van der Waals surface area contributed by atoms with Crippen molar-refractivity contribution < 1.29 is 38.9 Å². The number of rotatable bonds is 4. The van der Waals surface area contributed by atoms with Crippen LogP contribution in [-0.4, -0.2) is 18.3 Å². The maximum atomic E-state index is 14.1. The Hall–Kier alpha value is -2.08. The Balaban J connectivity index is 2.30. The predicted octanol–water partition coefficient (Wildman–Crippen LogP) is 8.00. The van der Waals surface area contributed by atoms with E-state index in [1.807, 2.05) is 0 Å². The van der Waals surface area contributed by atoms with Gasteiger partial charge in [0.1, 0.15) is 0 Å². The first-order chi connectivity index (χ1) is 15.6. The van der Waals surface area contributed by atoms with Crippen LogP contribution in [0.25, 0.3) is 5.76 Å². The molecule has 1 heterocycles. The molecule has 0 N–H and O–H groups in total. The molecule has 0 bridgehead atoms. The Bertz CT molecular complexity index is 1070. The van der Waals surface area contributed by atoms with Gasteiger partial charge in [0.2, 0.25) is 0 Å². The van der Waals surface area contributed by atoms with Crippen molar-refractivity contribution >= 4 is 32.0 Å². The van der Waals surface area contributed by atoms with Gasteiger partial charge in [-0.2, -0.15) is 0 Å². The molecule has 0 aromatic heterocycles. The Labute approximate surface area is 201 Å². The van der Waals surface area contributed by atoms with E-state index in [4.69, 9.17) is 7.80 Å². The molecule has 2 aromatic rings. The van der Waals surface area contributed by atoms with E-state index in [9.17, 15) is 31.1 Å². The first-order valence-electron chi connectivity index (χ1n) is 10.3. The zero-order chi connectivity index (χ0) is 25.5. The topological polar surface area (TPSA) is 35.5 Å². The molecule has 0 radical (unpaired) electrons. The van der Waals surface area contributed by atoms with Crippen molar-refractivity contribution in [3.63, 3.8) is 0 Å². The zero-order valence-corrected chi connectivity index (χ0v) is 20.9. The molecule has 34 heavy (non-hydrogen) atoms. The van der Waals surface area contributed by atoms with Crippen molar-refractivity contribution in [3.05, 3.63) is 72.9 Å². The van der Waals surface area contributed by atoms with E-state index in [1.54, 1.807) is 58.0 Å². The van der Waals surface area contributed by atoms with E-state index >= 15 is 0 Å². The summed E-state index contributed by atoms with van der Waals surface area (Å²) in [6.07, 6.45) is -11.5. The summed E-state index contributed by atoms with van der Waals surface area (Å²) >= 11 is -3.83. The molecule has 186 valence electrons. The Morgan fingerprint density at radius 2 is 1.44 bits per heavy atom. The number of carbonyl (C=O) groups excluding carboxylic acids is 1. The third kappa shape index (κ3) is 4.58. The van der Waals surface area contributed by atoms with Gasteiger partial charge in [0.15, 0.2) is 0 Å². The first kappa shape index (κ1) is 26.5. The van der Waals surface area contributed by atoms with Crippen LogP contribution in [0.5, 0.6) is 0 Å². The van der Waals surface area contributed by atoms with Gasteiger partial charge in [0.25, 0.3) is 0 Å². The van der Waals surface area contributed by atoms with Crippen LogP contribution in [0.4, 0.5) is 26.3 Å². The fraction of sp³-hybridized carbons (Fsp3) is 0.375. The summed E-state index contributed by atoms with van der Waals surface area (Å²) in [6, 6.07) is 12.7. The van der Waals surface area contributed by atoms with Crippen molar-refractivity contribution in [1.29, 1.82) is 0 Å². The average molecular weight is 600 g/mol. The third-order valence-electron chi connectivity index (χ3n) is 5.04. The van der Waals surface area contributed by atoms with E-state index < -0.39 is 55.1 Å². The summed E-state index contributed by atoms with van der Waals surface area (Å²) in [6.45, 7) is 6.39. The van der Waals surface area contributed by atoms with Crippen LogP contribution in [0.2, 0.25) is 0 Å². The number of alkyl halides is 6. The number of carbonyl (C=O) groups is 1. The van der Waals surface area contributed by atoms with Gasteiger partial charge < -0.3 is 0 Å². The van der Waals surface area contributed by atoms with Crippen molar-refractivity contribution in [2.75, 3.05) is 0 Å². The van der Waals surface area contributed by atoms with Crippen LogP contribution in [0.3, 0.4) is 0 Å². The number of ether oxygens (including phenoxy) is 1. The van der Waals surface area contributed by atoms with Gasteiger partial charge in [-0.25, -0.2) is 0 Å². The zero-order valence-electron chi connectivity index (χ0n) is 18.8. The maximum absolute atomic E-state index is 14.1. The second kappa shape index (κ2) is 9.18. The molecule has 0 atom stereocenters. The standard InChI is InChI=1S/C24H23F6IO3/c1-5-17(19(15-11-7-6-8-12-15)33-20(32)21(2,3)4)31-18-14-10-9-13-16(18)22(34-31,23(25,26)27)24(28,29)30/h6-14H,5H2,1-4H3/b19-17+. The Morgan fingerprint density at radius 3 is 1.94 bits per heavy atom. The second-order valence-electron chi connectivity index (χ2n) is 8.58. The molecule has 3 nitrogen and oxygen atoms in total. The minimum atomic E-state index is -5.75. The quantitative estimate of drug-likeness (QED) is 0.155. The number of hydrogen-bond acceptors (Lipinski definition) is 3. The number of benzene rings is 2. The SMILES string of the molecule is CC/C(=C(\OC(=O)C(C)(C)C)c1ccccc1)I1OC(C(F)(F)F)(C(F)(F)F)c2ccccc21. The molecular weight excluding hydrogens is 577 g/mol. The first-order valence-corrected chi connectivity index (χ1v) is 13.3. The molecule has 2 aromatic carbocycles. The summed E-state index contributed by atoms with van der Waals surface area (Å²) in [4.78, 5) is 12.7. The van der Waals surface area contributed by atoms with Gasteiger partial charge >= 0.3 is 201 Å². The Kier molecular flexibility index (Phi) is 7.16. The molecule has 0 aliphatic carbocycles. The van der Waals surface area contributed by atoms with E-state index in [0.29, 0.717) is 5.56 Å². The molecule has 3 rings (SSSR count). The van der Waals surface area contributed by atoms with Crippen LogP contribution < -0.4 is 0 Å². The predicted molar refractivity (Wildman–Crippen MR) is 123 cm³/mol. The molecular formula is C24H23F6IO3. The van der Waals surface area contributed by atoms with Crippen LogP contribution in [0, 0.1) is 8.99 Å². The number of halogens is 7. The van der Waals surface area contributed by atoms with Crippen molar-refractivity contribution in [2.45, 2.75) is 52.1 Å². The molecule has 10 heteroatoms. The van der Waals surface area contributed by atoms with Crippen molar-refractivity contribution in [3.8, 4) is 0 Å². The summed E-state index contributed by atoms with van der Waals surface area (Å²) in [5.74, 6) is -0.721. The minimum absolute atomic E-state index is 0.0344. The fourth-order valence-electron chi connectivity index (χ4n) is 3.28. The van der Waals surface area contributed by atoms with Gasteiger partial charge in [0, 0.05) is 0 Å². The van der Waals surface area contributed by atoms with Gasteiger partial charge in [-0.15, -0.1) is 0 Å². The van der Waals surface area contributed by atoms with Crippen LogP contribution in [0.15, 0.2) is 58.2 Å². The Morgan fingerprint density at radius 1 is 0.912 bits per heavy atom. The third-order valence-corrected chi connectivity index (χ3v) is 10.6. The van der Waals surface area contributed by atoms with Crippen LogP contribution in [0.1, 0.15) is 45.2 Å². The number of esters is 1. The van der Waals surface area contributed by atoms with Crippen LogP contribution in [-0.2, 0) is 18.2 Å².